The van der Waals surface area contributed by atoms with Crippen molar-refractivity contribution in [2.24, 2.45) is 0 Å². The Hall–Kier alpha value is -3.18. The highest BCUT2D eigenvalue weighted by molar-refractivity contribution is 6.30. The molecular weight excluding hydrogens is 338 g/mol. The Balaban J connectivity index is 1.96. The van der Waals surface area contributed by atoms with Crippen molar-refractivity contribution in [1.29, 1.82) is 0 Å². The number of nitro benzene ring substituents is 1. The number of nitrogens with zero attached hydrogens (tertiary/aromatic N) is 3. The number of hydrogen-bond acceptors (Lipinski definition) is 3. The van der Waals surface area contributed by atoms with Gasteiger partial charge in [0.25, 0.3) is 5.69 Å². The molecule has 3 aromatic carbocycles. The summed E-state index contributed by atoms with van der Waals surface area (Å²) in [6, 6.07) is 21.7. The van der Waals surface area contributed by atoms with Crippen LogP contribution in [0.15, 0.2) is 72.8 Å². The summed E-state index contributed by atoms with van der Waals surface area (Å²) >= 11 is 5.99. The number of para-hydroxylation sites is 2. The summed E-state index contributed by atoms with van der Waals surface area (Å²) in [5.41, 5.74) is 3.57. The van der Waals surface area contributed by atoms with Crippen LogP contribution in [0, 0.1) is 10.1 Å². The monoisotopic (exact) mass is 349 g/mol. The van der Waals surface area contributed by atoms with Gasteiger partial charge in [0.15, 0.2) is 0 Å². The van der Waals surface area contributed by atoms with E-state index in [1.54, 1.807) is 12.1 Å². The smallest absolute Gasteiger partial charge is 0.269 e. The Morgan fingerprint density at radius 3 is 2.28 bits per heavy atom. The zero-order valence-electron chi connectivity index (χ0n) is 13.0. The molecular formula is C19H12ClN3O2. The normalized spacial score (nSPS) is 10.9. The molecule has 0 aliphatic carbocycles. The van der Waals surface area contributed by atoms with Gasteiger partial charge in [-0.1, -0.05) is 23.7 Å². The maximum absolute atomic E-state index is 10.9. The van der Waals surface area contributed by atoms with Crippen LogP contribution in [0.3, 0.4) is 0 Å². The second-order valence-electron chi connectivity index (χ2n) is 5.54. The number of nitro groups is 1. The van der Waals surface area contributed by atoms with E-state index < -0.39 is 4.92 Å². The van der Waals surface area contributed by atoms with Crippen molar-refractivity contribution in [3.8, 4) is 17.1 Å². The maximum Gasteiger partial charge on any atom is 0.269 e. The van der Waals surface area contributed by atoms with Crippen molar-refractivity contribution in [2.45, 2.75) is 0 Å². The summed E-state index contributed by atoms with van der Waals surface area (Å²) in [6.07, 6.45) is 0. The van der Waals surface area contributed by atoms with Crippen molar-refractivity contribution in [3.05, 3.63) is 87.9 Å². The first-order chi connectivity index (χ1) is 12.1. The van der Waals surface area contributed by atoms with Crippen LogP contribution in [0.4, 0.5) is 5.69 Å². The van der Waals surface area contributed by atoms with E-state index in [9.17, 15) is 10.1 Å². The van der Waals surface area contributed by atoms with Gasteiger partial charge in [-0.25, -0.2) is 4.98 Å². The van der Waals surface area contributed by atoms with E-state index in [0.717, 1.165) is 28.1 Å². The number of halogens is 1. The second-order valence-corrected chi connectivity index (χ2v) is 5.98. The summed E-state index contributed by atoms with van der Waals surface area (Å²) in [6.45, 7) is 0. The van der Waals surface area contributed by atoms with Gasteiger partial charge in [-0.15, -0.1) is 0 Å². The fourth-order valence-electron chi connectivity index (χ4n) is 2.80. The van der Waals surface area contributed by atoms with E-state index in [4.69, 9.17) is 16.6 Å². The lowest BCUT2D eigenvalue weighted by Gasteiger charge is -2.09. The predicted molar refractivity (Wildman–Crippen MR) is 98.2 cm³/mol. The zero-order chi connectivity index (χ0) is 17.4. The predicted octanol–water partition coefficient (Wildman–Crippen LogP) is 5.25. The molecule has 1 aromatic heterocycles. The van der Waals surface area contributed by atoms with Crippen molar-refractivity contribution in [1.82, 2.24) is 9.55 Å². The Morgan fingerprint density at radius 2 is 1.60 bits per heavy atom. The molecule has 0 fully saturated rings. The molecule has 1 heterocycles. The molecule has 0 spiro atoms. The van der Waals surface area contributed by atoms with E-state index in [1.165, 1.54) is 12.1 Å². The lowest BCUT2D eigenvalue weighted by molar-refractivity contribution is -0.384. The van der Waals surface area contributed by atoms with Crippen LogP contribution in [-0.2, 0) is 0 Å². The van der Waals surface area contributed by atoms with Gasteiger partial charge in [0.05, 0.1) is 16.0 Å². The number of fused-ring (bicyclic) bond motifs is 1. The highest BCUT2D eigenvalue weighted by Gasteiger charge is 2.15. The third kappa shape index (κ3) is 2.75. The van der Waals surface area contributed by atoms with Crippen LogP contribution in [-0.4, -0.2) is 14.5 Å². The number of imidazole rings is 1. The highest BCUT2D eigenvalue weighted by atomic mass is 35.5. The van der Waals surface area contributed by atoms with Crippen LogP contribution in [0.25, 0.3) is 28.1 Å². The molecule has 5 nitrogen and oxygen atoms in total. The number of hydrogen-bond donors (Lipinski definition) is 0. The standard InChI is InChI=1S/C19H12ClN3O2/c20-14-7-5-13(6-8-14)19-21-17-3-1-2-4-18(17)22(19)15-9-11-16(12-10-15)23(24)25/h1-12H. The van der Waals surface area contributed by atoms with Crippen LogP contribution in [0.1, 0.15) is 0 Å². The van der Waals surface area contributed by atoms with Crippen molar-refractivity contribution >= 4 is 28.3 Å². The molecule has 0 saturated heterocycles. The van der Waals surface area contributed by atoms with Crippen molar-refractivity contribution in [2.75, 3.05) is 0 Å². The molecule has 0 unspecified atom stereocenters. The lowest BCUT2D eigenvalue weighted by Crippen LogP contribution is -1.98. The van der Waals surface area contributed by atoms with Crippen LogP contribution < -0.4 is 0 Å². The lowest BCUT2D eigenvalue weighted by atomic mass is 10.2. The molecule has 0 saturated carbocycles. The third-order valence-electron chi connectivity index (χ3n) is 3.98. The molecule has 6 heteroatoms. The number of rotatable bonds is 3. The van der Waals surface area contributed by atoms with E-state index in [2.05, 4.69) is 0 Å². The van der Waals surface area contributed by atoms with Gasteiger partial charge in [0.1, 0.15) is 5.82 Å². The van der Waals surface area contributed by atoms with Crippen molar-refractivity contribution < 1.29 is 4.92 Å². The van der Waals surface area contributed by atoms with Crippen LogP contribution in [0.5, 0.6) is 0 Å². The summed E-state index contributed by atoms with van der Waals surface area (Å²) in [7, 11) is 0. The quantitative estimate of drug-likeness (QED) is 0.374. The molecule has 0 aliphatic rings. The summed E-state index contributed by atoms with van der Waals surface area (Å²) < 4.78 is 1.99. The second kappa shape index (κ2) is 6.03. The van der Waals surface area contributed by atoms with Gasteiger partial charge in [-0.05, 0) is 48.5 Å². The number of non-ortho nitro benzene ring substituents is 1. The summed E-state index contributed by atoms with van der Waals surface area (Å²) in [5, 5.41) is 11.6. The van der Waals surface area contributed by atoms with Gasteiger partial charge >= 0.3 is 0 Å². The Labute approximate surface area is 148 Å². The number of aromatic nitrogens is 2. The molecule has 0 N–H and O–H groups in total. The minimum absolute atomic E-state index is 0.0567. The molecule has 25 heavy (non-hydrogen) atoms. The first-order valence-corrected chi connectivity index (χ1v) is 7.99. The fraction of sp³-hybridized carbons (Fsp3) is 0. The minimum atomic E-state index is -0.407. The Bertz CT molecular complexity index is 1070. The van der Waals surface area contributed by atoms with E-state index >= 15 is 0 Å². The zero-order valence-corrected chi connectivity index (χ0v) is 13.7. The van der Waals surface area contributed by atoms with E-state index in [0.29, 0.717) is 5.02 Å². The third-order valence-corrected chi connectivity index (χ3v) is 4.23. The van der Waals surface area contributed by atoms with E-state index in [1.807, 2.05) is 53.1 Å². The average molecular weight is 350 g/mol. The minimum Gasteiger partial charge on any atom is -0.292 e. The molecule has 0 amide bonds. The summed E-state index contributed by atoms with van der Waals surface area (Å²) in [5.74, 6) is 0.756. The van der Waals surface area contributed by atoms with Crippen LogP contribution in [0.2, 0.25) is 5.02 Å². The molecule has 0 aliphatic heterocycles. The van der Waals surface area contributed by atoms with Gasteiger partial charge in [0, 0.05) is 28.4 Å². The number of benzene rings is 3. The van der Waals surface area contributed by atoms with Gasteiger partial charge < -0.3 is 0 Å². The van der Waals surface area contributed by atoms with Gasteiger partial charge in [0.2, 0.25) is 0 Å². The first-order valence-electron chi connectivity index (χ1n) is 7.62. The highest BCUT2D eigenvalue weighted by Crippen LogP contribution is 2.30. The molecule has 122 valence electrons. The Kier molecular flexibility index (Phi) is 3.71. The molecule has 4 aromatic rings. The molecule has 0 bridgehead atoms. The topological polar surface area (TPSA) is 61.0 Å². The average Bonchev–Trinajstić information content (AvgIpc) is 3.02. The SMILES string of the molecule is O=[N+]([O-])c1ccc(-n2c(-c3ccc(Cl)cc3)nc3ccccc32)cc1. The van der Waals surface area contributed by atoms with Crippen LogP contribution >= 0.6 is 11.6 Å². The first kappa shape index (κ1) is 15.4. The summed E-state index contributed by atoms with van der Waals surface area (Å²) in [4.78, 5) is 15.2. The largest absolute Gasteiger partial charge is 0.292 e. The van der Waals surface area contributed by atoms with Crippen molar-refractivity contribution in [3.63, 3.8) is 0 Å². The molecule has 0 radical (unpaired) electrons. The van der Waals surface area contributed by atoms with Gasteiger partial charge in [-0.3, -0.25) is 14.7 Å². The Morgan fingerprint density at radius 1 is 0.920 bits per heavy atom. The molecule has 0 atom stereocenters. The maximum atomic E-state index is 10.9. The fourth-order valence-corrected chi connectivity index (χ4v) is 2.93. The van der Waals surface area contributed by atoms with E-state index in [-0.39, 0.29) is 5.69 Å². The van der Waals surface area contributed by atoms with Gasteiger partial charge in [-0.2, -0.15) is 0 Å². The molecule has 4 rings (SSSR count).